The van der Waals surface area contributed by atoms with Crippen LogP contribution in [-0.4, -0.2) is 23.9 Å². The Bertz CT molecular complexity index is 183. The van der Waals surface area contributed by atoms with Gasteiger partial charge in [-0.15, -0.1) is 0 Å². The molecule has 1 aliphatic carbocycles. The predicted octanol–water partition coefficient (Wildman–Crippen LogP) is 3.38. The Morgan fingerprint density at radius 1 is 1.19 bits per heavy atom. The minimum absolute atomic E-state index is 0.0520. The molecule has 2 heteroatoms. The second-order valence-electron chi connectivity index (χ2n) is 6.19. The van der Waals surface area contributed by atoms with Crippen LogP contribution in [0.15, 0.2) is 0 Å². The highest BCUT2D eigenvalue weighted by Crippen LogP contribution is 2.38. The van der Waals surface area contributed by atoms with Crippen molar-refractivity contribution in [2.24, 2.45) is 11.3 Å². The highest BCUT2D eigenvalue weighted by atomic mass is 16.5. The zero-order valence-electron chi connectivity index (χ0n) is 11.3. The number of hydrogen-bond acceptors (Lipinski definition) is 2. The maximum absolute atomic E-state index is 9.11. The molecule has 1 aliphatic rings. The van der Waals surface area contributed by atoms with Crippen molar-refractivity contribution in [3.8, 4) is 0 Å². The van der Waals surface area contributed by atoms with Crippen molar-refractivity contribution in [2.45, 2.75) is 72.0 Å². The van der Waals surface area contributed by atoms with E-state index in [-0.39, 0.29) is 12.7 Å². The topological polar surface area (TPSA) is 29.5 Å². The lowest BCUT2D eigenvalue weighted by Crippen LogP contribution is -2.32. The molecule has 96 valence electrons. The van der Waals surface area contributed by atoms with Crippen LogP contribution in [0.5, 0.6) is 0 Å². The van der Waals surface area contributed by atoms with Crippen LogP contribution in [0.1, 0.15) is 59.8 Å². The van der Waals surface area contributed by atoms with E-state index in [4.69, 9.17) is 9.84 Å². The first-order valence-electron chi connectivity index (χ1n) is 6.73. The van der Waals surface area contributed by atoms with Crippen LogP contribution in [0, 0.1) is 11.3 Å². The van der Waals surface area contributed by atoms with Crippen LogP contribution in [0.25, 0.3) is 0 Å². The average Bonchev–Trinajstić information content (AvgIpc) is 2.25. The van der Waals surface area contributed by atoms with Crippen LogP contribution < -0.4 is 0 Å². The summed E-state index contributed by atoms with van der Waals surface area (Å²) in [4.78, 5) is 0. The summed E-state index contributed by atoms with van der Waals surface area (Å²) in [6, 6.07) is 0. The van der Waals surface area contributed by atoms with Crippen molar-refractivity contribution in [3.63, 3.8) is 0 Å². The minimum Gasteiger partial charge on any atom is -0.394 e. The van der Waals surface area contributed by atoms with Gasteiger partial charge in [-0.05, 0) is 43.4 Å². The third-order valence-corrected chi connectivity index (χ3v) is 3.94. The first-order chi connectivity index (χ1) is 7.47. The summed E-state index contributed by atoms with van der Waals surface area (Å²) < 4.78 is 5.90. The quantitative estimate of drug-likeness (QED) is 0.799. The van der Waals surface area contributed by atoms with Gasteiger partial charge in [-0.1, -0.05) is 27.7 Å². The Labute approximate surface area is 100 Å². The van der Waals surface area contributed by atoms with E-state index >= 15 is 0 Å². The van der Waals surface area contributed by atoms with Gasteiger partial charge < -0.3 is 9.84 Å². The molecule has 1 atom stereocenters. The molecule has 0 saturated heterocycles. The minimum atomic E-state index is 0.0520. The molecular weight excluding hydrogens is 200 g/mol. The first kappa shape index (κ1) is 14.0. The van der Waals surface area contributed by atoms with E-state index in [2.05, 4.69) is 27.7 Å². The van der Waals surface area contributed by atoms with E-state index in [1.165, 1.54) is 25.7 Å². The number of rotatable bonds is 4. The van der Waals surface area contributed by atoms with E-state index < -0.39 is 0 Å². The lowest BCUT2D eigenvalue weighted by molar-refractivity contribution is -0.0651. The van der Waals surface area contributed by atoms with Gasteiger partial charge in [-0.3, -0.25) is 0 Å². The Balaban J connectivity index is 2.32. The Morgan fingerprint density at radius 2 is 1.75 bits per heavy atom. The van der Waals surface area contributed by atoms with Gasteiger partial charge in [0, 0.05) is 0 Å². The average molecular weight is 228 g/mol. The summed E-state index contributed by atoms with van der Waals surface area (Å²) in [5.74, 6) is 0.835. The fourth-order valence-electron chi connectivity index (χ4n) is 2.61. The molecule has 0 heterocycles. The molecule has 0 aromatic rings. The maximum Gasteiger partial charge on any atom is 0.0806 e. The van der Waals surface area contributed by atoms with Crippen LogP contribution in [-0.2, 0) is 4.74 Å². The third kappa shape index (κ3) is 4.06. The molecule has 1 fully saturated rings. The number of aliphatic hydroxyl groups excluding tert-OH is 1. The van der Waals surface area contributed by atoms with Crippen LogP contribution in [0.2, 0.25) is 0 Å². The van der Waals surface area contributed by atoms with E-state index in [0.717, 1.165) is 12.3 Å². The zero-order chi connectivity index (χ0) is 12.2. The van der Waals surface area contributed by atoms with E-state index in [1.54, 1.807) is 0 Å². The molecular formula is C14H28O2. The normalized spacial score (nSPS) is 29.1. The SMILES string of the molecule is CCC(CO)OC1CCC(C(C)(C)C)CC1. The van der Waals surface area contributed by atoms with E-state index in [0.29, 0.717) is 11.5 Å². The molecule has 0 amide bonds. The highest BCUT2D eigenvalue weighted by Gasteiger charge is 2.30. The fraction of sp³-hybridized carbons (Fsp3) is 1.00. The van der Waals surface area contributed by atoms with E-state index in [1.807, 2.05) is 0 Å². The molecule has 16 heavy (non-hydrogen) atoms. The van der Waals surface area contributed by atoms with Gasteiger partial charge >= 0.3 is 0 Å². The van der Waals surface area contributed by atoms with Crippen molar-refractivity contribution in [1.29, 1.82) is 0 Å². The number of aliphatic hydroxyl groups is 1. The highest BCUT2D eigenvalue weighted by molar-refractivity contribution is 4.81. The molecule has 0 aromatic heterocycles. The van der Waals surface area contributed by atoms with Crippen molar-refractivity contribution in [2.75, 3.05) is 6.61 Å². The second kappa shape index (κ2) is 6.02. The Kier molecular flexibility index (Phi) is 5.26. The number of hydrogen-bond donors (Lipinski definition) is 1. The van der Waals surface area contributed by atoms with Crippen LogP contribution >= 0.6 is 0 Å². The third-order valence-electron chi connectivity index (χ3n) is 3.94. The lowest BCUT2D eigenvalue weighted by Gasteiger charge is -2.37. The summed E-state index contributed by atoms with van der Waals surface area (Å²) in [6.45, 7) is 9.24. The van der Waals surface area contributed by atoms with Crippen molar-refractivity contribution in [1.82, 2.24) is 0 Å². The molecule has 1 rings (SSSR count). The monoisotopic (exact) mass is 228 g/mol. The van der Waals surface area contributed by atoms with Gasteiger partial charge in [0.1, 0.15) is 0 Å². The zero-order valence-corrected chi connectivity index (χ0v) is 11.3. The maximum atomic E-state index is 9.11. The van der Waals surface area contributed by atoms with Gasteiger partial charge in [0.15, 0.2) is 0 Å². The van der Waals surface area contributed by atoms with Crippen molar-refractivity contribution >= 4 is 0 Å². The smallest absolute Gasteiger partial charge is 0.0806 e. The summed E-state index contributed by atoms with van der Waals surface area (Å²) in [7, 11) is 0. The molecule has 0 aliphatic heterocycles. The second-order valence-corrected chi connectivity index (χ2v) is 6.19. The molecule has 1 unspecified atom stereocenters. The molecule has 1 saturated carbocycles. The summed E-state index contributed by atoms with van der Waals surface area (Å²) in [6.07, 6.45) is 6.23. The van der Waals surface area contributed by atoms with Gasteiger partial charge in [-0.25, -0.2) is 0 Å². The fourth-order valence-corrected chi connectivity index (χ4v) is 2.61. The standard InChI is InChI=1S/C14H28O2/c1-5-12(10-15)16-13-8-6-11(7-9-13)14(2,3)4/h11-13,15H,5-10H2,1-4H3. The number of ether oxygens (including phenoxy) is 1. The van der Waals surface area contributed by atoms with Gasteiger partial charge in [0.25, 0.3) is 0 Å². The van der Waals surface area contributed by atoms with Crippen LogP contribution in [0.4, 0.5) is 0 Å². The first-order valence-corrected chi connectivity index (χ1v) is 6.73. The molecule has 0 spiro atoms. The molecule has 0 bridgehead atoms. The van der Waals surface area contributed by atoms with E-state index in [9.17, 15) is 0 Å². The molecule has 1 N–H and O–H groups in total. The van der Waals surface area contributed by atoms with Crippen molar-refractivity contribution in [3.05, 3.63) is 0 Å². The molecule has 2 nitrogen and oxygen atoms in total. The lowest BCUT2D eigenvalue weighted by atomic mass is 9.72. The predicted molar refractivity (Wildman–Crippen MR) is 67.5 cm³/mol. The summed E-state index contributed by atoms with van der Waals surface area (Å²) in [5.41, 5.74) is 0.437. The summed E-state index contributed by atoms with van der Waals surface area (Å²) in [5, 5.41) is 9.11. The summed E-state index contributed by atoms with van der Waals surface area (Å²) >= 11 is 0. The van der Waals surface area contributed by atoms with Gasteiger partial charge in [0.05, 0.1) is 18.8 Å². The Morgan fingerprint density at radius 3 is 2.12 bits per heavy atom. The molecule has 0 radical (unpaired) electrons. The largest absolute Gasteiger partial charge is 0.394 e. The van der Waals surface area contributed by atoms with Crippen molar-refractivity contribution < 1.29 is 9.84 Å². The van der Waals surface area contributed by atoms with Gasteiger partial charge in [-0.2, -0.15) is 0 Å². The van der Waals surface area contributed by atoms with Crippen LogP contribution in [0.3, 0.4) is 0 Å². The Hall–Kier alpha value is -0.0800. The molecule has 0 aromatic carbocycles. The van der Waals surface area contributed by atoms with Gasteiger partial charge in [0.2, 0.25) is 0 Å².